The standard InChI is InChI=1S/2C20H42O2PS2.3Zn/c2*1-4-5-6-7-8-9-10-11-12-13-14-15-16-17-18-25(19-20(2)3)23(21,22)24;;;/h2*20H,4-19H2,1-3H3;;;/q2*-3;3*+2. The zero-order chi connectivity index (χ0) is 37.9. The molecule has 0 aliphatic carbocycles. The molecule has 0 radical (unpaired) electrons. The number of rotatable bonds is 34. The van der Waals surface area contributed by atoms with E-state index in [9.17, 15) is 19.6 Å². The summed E-state index contributed by atoms with van der Waals surface area (Å²) in [6.45, 7) is 12.9. The first-order chi connectivity index (χ1) is 23.8. The summed E-state index contributed by atoms with van der Waals surface area (Å²) in [4.78, 5) is 46.7. The fraction of sp³-hybridized carbons (Fsp3) is 1.00. The van der Waals surface area contributed by atoms with Crippen molar-refractivity contribution in [3.05, 3.63) is 0 Å². The molecule has 0 rings (SSSR count). The van der Waals surface area contributed by atoms with Gasteiger partial charge in [0.05, 0.1) is 0 Å². The van der Waals surface area contributed by atoms with E-state index in [0.717, 1.165) is 48.7 Å². The van der Waals surface area contributed by atoms with Crippen LogP contribution in [0, 0.1) is 11.8 Å². The summed E-state index contributed by atoms with van der Waals surface area (Å²) in [6.07, 6.45) is 37.3. The van der Waals surface area contributed by atoms with Crippen molar-refractivity contribution >= 4 is 56.0 Å². The maximum Gasteiger partial charge on any atom is 2.00 e. The minimum Gasteiger partial charge on any atom is -0.854 e. The number of unbranched alkanes of at least 4 members (excludes halogenated alkanes) is 26. The predicted molar refractivity (Wildman–Crippen MR) is 233 cm³/mol. The maximum atomic E-state index is 11.7. The average molecular weight is 1020 g/mol. The van der Waals surface area contributed by atoms with Crippen LogP contribution >= 0.6 is 11.4 Å². The molecule has 0 saturated heterocycles. The van der Waals surface area contributed by atoms with Crippen LogP contribution in [0.3, 0.4) is 0 Å². The minimum absolute atomic E-state index is 0. The van der Waals surface area contributed by atoms with Crippen LogP contribution in [0.1, 0.15) is 221 Å². The van der Waals surface area contributed by atoms with E-state index in [4.69, 9.17) is 24.5 Å². The van der Waals surface area contributed by atoms with Gasteiger partial charge in [-0.25, -0.2) is 20.1 Å². The Balaban J connectivity index is -0.000000274. The summed E-state index contributed by atoms with van der Waals surface area (Å²) in [5.41, 5.74) is -7.11. The molecule has 0 N–H and O–H groups in total. The van der Waals surface area contributed by atoms with Gasteiger partial charge in [-0.3, -0.25) is 0 Å². The third-order valence-corrected chi connectivity index (χ3v) is 23.6. The van der Waals surface area contributed by atoms with Crippen molar-refractivity contribution in [2.75, 3.05) is 23.0 Å². The van der Waals surface area contributed by atoms with Crippen LogP contribution in [0.4, 0.5) is 0 Å². The Morgan fingerprint density at radius 3 is 0.679 bits per heavy atom. The van der Waals surface area contributed by atoms with E-state index in [-0.39, 0.29) is 58.4 Å². The molecule has 13 heteroatoms. The summed E-state index contributed by atoms with van der Waals surface area (Å²) in [6, 6.07) is 0. The van der Waals surface area contributed by atoms with Gasteiger partial charge in [0.2, 0.25) is 0 Å². The molecule has 0 heterocycles. The van der Waals surface area contributed by atoms with Crippen molar-refractivity contribution in [1.82, 2.24) is 0 Å². The third-order valence-electron chi connectivity index (χ3n) is 9.15. The summed E-state index contributed by atoms with van der Waals surface area (Å²) >= 11 is 9.47. The van der Waals surface area contributed by atoms with E-state index in [1.807, 2.05) is 0 Å². The van der Waals surface area contributed by atoms with E-state index in [1.165, 1.54) is 154 Å². The molecule has 0 aliphatic heterocycles. The van der Waals surface area contributed by atoms with Gasteiger partial charge in [-0.15, -0.1) is 0 Å². The fourth-order valence-electron chi connectivity index (χ4n) is 6.27. The van der Waals surface area contributed by atoms with Crippen molar-refractivity contribution in [2.24, 2.45) is 11.8 Å². The molecule has 0 aromatic heterocycles. The Bertz CT molecular complexity index is 775. The van der Waals surface area contributed by atoms with Gasteiger partial charge in [0.15, 0.2) is 0 Å². The van der Waals surface area contributed by atoms with Crippen molar-refractivity contribution in [1.29, 1.82) is 0 Å². The first-order valence-corrected chi connectivity index (χ1v) is 30.8. The van der Waals surface area contributed by atoms with Crippen LogP contribution in [0.2, 0.25) is 0 Å². The molecular formula is C40H84O4P2S4Zn3. The summed E-state index contributed by atoms with van der Waals surface area (Å²) in [7, 11) is -1.15. The Labute approximate surface area is 386 Å². The van der Waals surface area contributed by atoms with E-state index in [2.05, 4.69) is 41.5 Å². The van der Waals surface area contributed by atoms with Crippen molar-refractivity contribution in [2.45, 2.75) is 221 Å². The van der Waals surface area contributed by atoms with Gasteiger partial charge in [-0.2, -0.15) is 0 Å². The number of hydrogen-bond donors (Lipinski definition) is 0. The Morgan fingerprint density at radius 2 is 0.528 bits per heavy atom. The monoisotopic (exact) mass is 1010 g/mol. The zero-order valence-corrected chi connectivity index (χ0v) is 50.0. The molecule has 0 spiro atoms. The van der Waals surface area contributed by atoms with Gasteiger partial charge < -0.3 is 55.5 Å². The first kappa shape index (κ1) is 66.1. The van der Waals surface area contributed by atoms with Gasteiger partial charge >= 0.3 is 58.4 Å². The molecular weight excluding hydrogens is 931 g/mol. The van der Waals surface area contributed by atoms with Crippen LogP contribution in [-0.2, 0) is 103 Å². The molecule has 0 amide bonds. The van der Waals surface area contributed by atoms with Gasteiger partial charge in [0, 0.05) is 0 Å². The number of hydrogen-bond acceptors (Lipinski definition) is 6. The average Bonchev–Trinajstić information content (AvgIpc) is 3.03. The van der Waals surface area contributed by atoms with Crippen molar-refractivity contribution < 1.29 is 78.0 Å². The first-order valence-electron chi connectivity index (χ1n) is 21.2. The van der Waals surface area contributed by atoms with Crippen LogP contribution < -0.4 is 19.6 Å². The molecule has 4 nitrogen and oxygen atoms in total. The SMILES string of the molecule is CCCCCCCCCCCCCCCCS(CC(C)C)=P([O-])([O-])[S-].CCCCCCCCCCCCCCCCS(CC(C)C)=P([O-])([O-])[S-].[Zn+2].[Zn+2].[Zn+2]. The second-order valence-electron chi connectivity index (χ2n) is 15.5. The van der Waals surface area contributed by atoms with Crippen molar-refractivity contribution in [3.63, 3.8) is 0 Å². The normalized spacial score (nSPS) is 12.8. The van der Waals surface area contributed by atoms with E-state index in [0.29, 0.717) is 11.8 Å². The van der Waals surface area contributed by atoms with Crippen molar-refractivity contribution in [3.8, 4) is 0 Å². The topological polar surface area (TPSA) is 92.2 Å². The second-order valence-corrected chi connectivity index (χ2v) is 30.9. The van der Waals surface area contributed by atoms with E-state index in [1.54, 1.807) is 0 Å². The third kappa shape index (κ3) is 52.0. The molecule has 0 aliphatic rings. The zero-order valence-electron chi connectivity index (χ0n) is 36.1. The molecule has 0 aromatic carbocycles. The molecule has 0 aromatic rings. The van der Waals surface area contributed by atoms with Gasteiger partial charge in [-0.05, 0) is 47.7 Å². The smallest absolute Gasteiger partial charge is 0.854 e. The van der Waals surface area contributed by atoms with Gasteiger partial charge in [-0.1, -0.05) is 208 Å². The summed E-state index contributed by atoms with van der Waals surface area (Å²) in [5, 5.41) is 0. The molecule has 0 bridgehead atoms. The summed E-state index contributed by atoms with van der Waals surface area (Å²) in [5.74, 6) is 3.92. The molecule has 0 saturated carbocycles. The van der Waals surface area contributed by atoms with Gasteiger partial charge in [0.1, 0.15) is 0 Å². The Morgan fingerprint density at radius 1 is 0.358 bits per heavy atom. The van der Waals surface area contributed by atoms with E-state index < -0.39 is 31.5 Å². The largest absolute Gasteiger partial charge is 2.00 e. The minimum atomic E-state index is -3.56. The molecule has 2 unspecified atom stereocenters. The van der Waals surface area contributed by atoms with Crippen LogP contribution in [-0.4, -0.2) is 23.0 Å². The van der Waals surface area contributed by atoms with Crippen LogP contribution in [0.5, 0.6) is 0 Å². The Hall–Kier alpha value is 3.97. The molecule has 53 heavy (non-hydrogen) atoms. The molecule has 308 valence electrons. The molecule has 2 atom stereocenters. The predicted octanol–water partition coefficient (Wildman–Crippen LogP) is 11.4. The molecule has 0 fully saturated rings. The van der Waals surface area contributed by atoms with Crippen LogP contribution in [0.15, 0.2) is 0 Å². The van der Waals surface area contributed by atoms with Crippen LogP contribution in [0.25, 0.3) is 0 Å². The quantitative estimate of drug-likeness (QED) is 0.0276. The fourth-order valence-corrected chi connectivity index (χ4v) is 17.5. The van der Waals surface area contributed by atoms with Gasteiger partial charge in [0.25, 0.3) is 0 Å². The Kier molecular flexibility index (Phi) is 58.6. The van der Waals surface area contributed by atoms with E-state index >= 15 is 0 Å². The summed E-state index contributed by atoms with van der Waals surface area (Å²) < 4.78 is 0. The second kappa shape index (κ2) is 47.0. The maximum absolute atomic E-state index is 11.7.